The van der Waals surface area contributed by atoms with Gasteiger partial charge in [-0.1, -0.05) is 26.0 Å². The van der Waals surface area contributed by atoms with E-state index in [1.54, 1.807) is 30.3 Å². The molecule has 4 rings (SSSR count). The Bertz CT molecular complexity index is 1170. The fourth-order valence-corrected chi connectivity index (χ4v) is 4.02. The summed E-state index contributed by atoms with van der Waals surface area (Å²) >= 11 is 0. The number of Topliss-reactive ketones (excluding diaryl/α,β-unsaturated/α-hetero) is 1. The van der Waals surface area contributed by atoms with Crippen molar-refractivity contribution in [1.82, 2.24) is 0 Å². The van der Waals surface area contributed by atoms with Gasteiger partial charge in [-0.05, 0) is 29.7 Å². The van der Waals surface area contributed by atoms with E-state index >= 15 is 0 Å². The summed E-state index contributed by atoms with van der Waals surface area (Å²) in [5.74, 6) is 0.633. The number of furan rings is 1. The van der Waals surface area contributed by atoms with Gasteiger partial charge in [0.25, 0.3) is 0 Å². The third-order valence-electron chi connectivity index (χ3n) is 5.30. The van der Waals surface area contributed by atoms with Crippen LogP contribution in [0.5, 0.6) is 0 Å². The van der Waals surface area contributed by atoms with E-state index in [-0.39, 0.29) is 22.7 Å². The fourth-order valence-electron chi connectivity index (χ4n) is 4.02. The molecule has 2 aliphatic rings. The summed E-state index contributed by atoms with van der Waals surface area (Å²) in [6.07, 6.45) is 0.907. The number of rotatable bonds is 2. The van der Waals surface area contributed by atoms with Crippen LogP contribution in [0.2, 0.25) is 0 Å². The molecule has 2 heterocycles. The number of hydrogen-bond acceptors (Lipinski definition) is 6. The summed E-state index contributed by atoms with van der Waals surface area (Å²) in [5.41, 5.74) is 7.50. The lowest BCUT2D eigenvalue weighted by Crippen LogP contribution is -2.33. The Kier molecular flexibility index (Phi) is 4.28. The molecule has 144 valence electrons. The standard InChI is InChI=1S/C23H19N3O3/c1-23(2)9-16(27)21-19(10-23)29-22(26)15(12-25)20(21)18-8-7-17(28-18)14-6-4-3-5-13(14)11-24/h3-8,20H,9-10,26H2,1-2H3/t20-/m0/s1. The SMILES string of the molecule is CC1(C)CC(=O)C2=C(C1)OC(N)=C(C#N)[C@H]2c1ccc(-c2ccccc2C#N)o1. The first-order valence-corrected chi connectivity index (χ1v) is 9.27. The second kappa shape index (κ2) is 6.68. The van der Waals surface area contributed by atoms with Crippen molar-refractivity contribution in [2.75, 3.05) is 0 Å². The largest absolute Gasteiger partial charge is 0.460 e. The molecule has 0 amide bonds. The van der Waals surface area contributed by atoms with E-state index in [1.807, 2.05) is 19.9 Å². The zero-order chi connectivity index (χ0) is 20.8. The number of carbonyl (C=O) groups is 1. The monoisotopic (exact) mass is 385 g/mol. The highest BCUT2D eigenvalue weighted by Crippen LogP contribution is 2.48. The molecule has 0 saturated carbocycles. The molecule has 0 fully saturated rings. The van der Waals surface area contributed by atoms with Gasteiger partial charge in [-0.3, -0.25) is 4.79 Å². The van der Waals surface area contributed by atoms with Gasteiger partial charge in [0.15, 0.2) is 5.78 Å². The highest BCUT2D eigenvalue weighted by Gasteiger charge is 2.44. The molecule has 1 atom stereocenters. The van der Waals surface area contributed by atoms with Crippen molar-refractivity contribution >= 4 is 5.78 Å². The summed E-state index contributed by atoms with van der Waals surface area (Å²) in [5, 5.41) is 19.1. The van der Waals surface area contributed by atoms with Gasteiger partial charge in [0.2, 0.25) is 5.88 Å². The smallest absolute Gasteiger partial charge is 0.205 e. The minimum atomic E-state index is -0.713. The zero-order valence-electron chi connectivity index (χ0n) is 16.2. The summed E-state index contributed by atoms with van der Waals surface area (Å²) in [6, 6.07) is 14.8. The maximum atomic E-state index is 13.0. The van der Waals surface area contributed by atoms with Crippen LogP contribution in [0, 0.1) is 28.1 Å². The minimum absolute atomic E-state index is 0.00266. The highest BCUT2D eigenvalue weighted by atomic mass is 16.5. The lowest BCUT2D eigenvalue weighted by atomic mass is 9.71. The Morgan fingerprint density at radius 1 is 1.10 bits per heavy atom. The van der Waals surface area contributed by atoms with Gasteiger partial charge in [0, 0.05) is 24.0 Å². The van der Waals surface area contributed by atoms with Crippen molar-refractivity contribution in [2.24, 2.45) is 11.1 Å². The predicted octanol–water partition coefficient (Wildman–Crippen LogP) is 4.27. The lowest BCUT2D eigenvalue weighted by molar-refractivity contribution is -0.119. The Morgan fingerprint density at radius 3 is 2.59 bits per heavy atom. The molecule has 6 nitrogen and oxygen atoms in total. The van der Waals surface area contributed by atoms with Crippen molar-refractivity contribution in [2.45, 2.75) is 32.6 Å². The molecule has 2 aromatic rings. The van der Waals surface area contributed by atoms with Gasteiger partial charge in [-0.2, -0.15) is 10.5 Å². The van der Waals surface area contributed by atoms with Gasteiger partial charge in [-0.25, -0.2) is 0 Å². The van der Waals surface area contributed by atoms with E-state index in [2.05, 4.69) is 12.1 Å². The maximum Gasteiger partial charge on any atom is 0.205 e. The molecular weight excluding hydrogens is 366 g/mol. The maximum absolute atomic E-state index is 13.0. The van der Waals surface area contributed by atoms with Gasteiger partial charge in [0.05, 0.1) is 17.6 Å². The minimum Gasteiger partial charge on any atom is -0.460 e. The van der Waals surface area contributed by atoms with Crippen LogP contribution in [-0.4, -0.2) is 5.78 Å². The van der Waals surface area contributed by atoms with Crippen LogP contribution >= 0.6 is 0 Å². The van der Waals surface area contributed by atoms with E-state index in [0.29, 0.717) is 46.8 Å². The number of ketones is 1. The van der Waals surface area contributed by atoms with Crippen LogP contribution in [0.15, 0.2) is 63.6 Å². The fraction of sp³-hybridized carbons (Fsp3) is 0.261. The van der Waals surface area contributed by atoms with Crippen LogP contribution in [0.4, 0.5) is 0 Å². The van der Waals surface area contributed by atoms with Gasteiger partial charge >= 0.3 is 0 Å². The second-order valence-corrected chi connectivity index (χ2v) is 8.06. The average molecular weight is 385 g/mol. The Labute approximate surface area is 168 Å². The summed E-state index contributed by atoms with van der Waals surface area (Å²) in [4.78, 5) is 13.0. The van der Waals surface area contributed by atoms with E-state index < -0.39 is 5.92 Å². The van der Waals surface area contributed by atoms with Crippen molar-refractivity contribution in [3.05, 3.63) is 70.5 Å². The van der Waals surface area contributed by atoms with Crippen molar-refractivity contribution in [3.8, 4) is 23.5 Å². The van der Waals surface area contributed by atoms with Crippen LogP contribution in [0.25, 0.3) is 11.3 Å². The van der Waals surface area contributed by atoms with Crippen molar-refractivity contribution < 1.29 is 13.9 Å². The van der Waals surface area contributed by atoms with Crippen molar-refractivity contribution in [3.63, 3.8) is 0 Å². The zero-order valence-corrected chi connectivity index (χ0v) is 16.2. The third-order valence-corrected chi connectivity index (χ3v) is 5.30. The number of allylic oxidation sites excluding steroid dienone is 3. The molecule has 0 spiro atoms. The molecule has 0 unspecified atom stereocenters. The number of carbonyl (C=O) groups excluding carboxylic acids is 1. The number of benzene rings is 1. The molecule has 29 heavy (non-hydrogen) atoms. The Morgan fingerprint density at radius 2 is 1.86 bits per heavy atom. The molecule has 1 aromatic heterocycles. The number of hydrogen-bond donors (Lipinski definition) is 1. The predicted molar refractivity (Wildman–Crippen MR) is 105 cm³/mol. The molecular formula is C23H19N3O3. The van der Waals surface area contributed by atoms with Crippen LogP contribution in [0.1, 0.15) is 43.9 Å². The molecule has 1 aliphatic carbocycles. The first-order chi connectivity index (χ1) is 13.8. The summed E-state index contributed by atoms with van der Waals surface area (Å²) < 4.78 is 11.7. The molecule has 0 bridgehead atoms. The van der Waals surface area contributed by atoms with Gasteiger partial charge < -0.3 is 14.9 Å². The lowest BCUT2D eigenvalue weighted by Gasteiger charge is -2.36. The summed E-state index contributed by atoms with van der Waals surface area (Å²) in [7, 11) is 0. The number of nitrogens with zero attached hydrogens (tertiary/aromatic N) is 2. The number of nitrogens with two attached hydrogens (primary N) is 1. The Hall–Kier alpha value is -3.77. The molecule has 6 heteroatoms. The average Bonchev–Trinajstić information content (AvgIpc) is 3.15. The number of nitriles is 2. The normalized spacial score (nSPS) is 20.6. The van der Waals surface area contributed by atoms with E-state index in [4.69, 9.17) is 14.9 Å². The van der Waals surface area contributed by atoms with Gasteiger partial charge in [-0.15, -0.1) is 0 Å². The molecule has 0 saturated heterocycles. The van der Waals surface area contributed by atoms with E-state index in [9.17, 15) is 15.3 Å². The highest BCUT2D eigenvalue weighted by molar-refractivity contribution is 5.99. The van der Waals surface area contributed by atoms with Crippen LogP contribution in [0.3, 0.4) is 0 Å². The summed E-state index contributed by atoms with van der Waals surface area (Å²) in [6.45, 7) is 3.99. The van der Waals surface area contributed by atoms with Crippen LogP contribution in [-0.2, 0) is 9.53 Å². The molecule has 1 aliphatic heterocycles. The van der Waals surface area contributed by atoms with E-state index in [0.717, 1.165) is 0 Å². The quantitative estimate of drug-likeness (QED) is 0.826. The second-order valence-electron chi connectivity index (χ2n) is 8.06. The Balaban J connectivity index is 1.84. The van der Waals surface area contributed by atoms with E-state index in [1.165, 1.54) is 0 Å². The van der Waals surface area contributed by atoms with Crippen LogP contribution < -0.4 is 5.73 Å². The van der Waals surface area contributed by atoms with Crippen molar-refractivity contribution in [1.29, 1.82) is 10.5 Å². The topological polar surface area (TPSA) is 113 Å². The number of ether oxygens (including phenoxy) is 1. The molecule has 1 aromatic carbocycles. The first kappa shape index (κ1) is 18.6. The van der Waals surface area contributed by atoms with Gasteiger partial charge in [0.1, 0.15) is 28.9 Å². The molecule has 2 N–H and O–H groups in total. The third kappa shape index (κ3) is 3.09. The molecule has 0 radical (unpaired) electrons. The first-order valence-electron chi connectivity index (χ1n) is 9.27.